The van der Waals surface area contributed by atoms with Gasteiger partial charge in [-0.15, -0.1) is 11.8 Å². The van der Waals surface area contributed by atoms with Gasteiger partial charge in [-0.05, 0) is 110 Å². The number of amides is 1. The number of thioether (sulfide) groups is 1. The highest BCUT2D eigenvalue weighted by Gasteiger charge is 2.70. The summed E-state index contributed by atoms with van der Waals surface area (Å²) in [6.07, 6.45) is 1.84. The number of carboxylic acid groups (broad SMARTS) is 2. The van der Waals surface area contributed by atoms with Crippen LogP contribution in [0.25, 0.3) is 0 Å². The lowest BCUT2D eigenvalue weighted by atomic mass is 9.33. The number of ether oxygens (including phenoxy) is 2. The molecule has 0 aromatic heterocycles. The third kappa shape index (κ3) is 6.98. The summed E-state index contributed by atoms with van der Waals surface area (Å²) in [5.74, 6) is -2.82. The van der Waals surface area contributed by atoms with Crippen LogP contribution in [-0.2, 0) is 33.4 Å². The molecule has 5 fully saturated rings. The van der Waals surface area contributed by atoms with Crippen molar-refractivity contribution >= 4 is 41.4 Å². The maximum Gasteiger partial charge on any atom is 0.335 e. The van der Waals surface area contributed by atoms with Gasteiger partial charge in [0.05, 0.1) is 18.9 Å². The van der Waals surface area contributed by atoms with Gasteiger partial charge in [0.15, 0.2) is 11.9 Å². The second kappa shape index (κ2) is 15.2. The van der Waals surface area contributed by atoms with Crippen LogP contribution in [0.5, 0.6) is 0 Å². The predicted molar refractivity (Wildman–Crippen MR) is 211 cm³/mol. The lowest BCUT2D eigenvalue weighted by molar-refractivity contribution is -0.209. The second-order valence-corrected chi connectivity index (χ2v) is 21.4. The molecule has 320 valence electrons. The van der Waals surface area contributed by atoms with E-state index in [2.05, 4.69) is 41.5 Å². The molecule has 57 heavy (non-hydrogen) atoms. The monoisotopic (exact) mass is 819 g/mol. The van der Waals surface area contributed by atoms with Gasteiger partial charge in [0.25, 0.3) is 0 Å². The molecule has 14 atom stereocenters. The molecule has 1 saturated heterocycles. The average Bonchev–Trinajstić information content (AvgIpc) is 3.13. The van der Waals surface area contributed by atoms with Crippen molar-refractivity contribution in [3.05, 3.63) is 11.6 Å². The Morgan fingerprint density at radius 3 is 2.18 bits per heavy atom. The van der Waals surface area contributed by atoms with Crippen molar-refractivity contribution in [3.63, 3.8) is 0 Å². The first-order chi connectivity index (χ1) is 26.4. The number of carboxylic acids is 2. The molecule has 5 aliphatic carbocycles. The van der Waals surface area contributed by atoms with Gasteiger partial charge in [-0.25, -0.2) is 4.79 Å². The van der Waals surface area contributed by atoms with Crippen molar-refractivity contribution in [1.29, 1.82) is 0 Å². The number of aliphatic hydroxyl groups is 3. The first kappa shape index (κ1) is 44.0. The van der Waals surface area contributed by atoms with Crippen molar-refractivity contribution < 1.29 is 59.0 Å². The Morgan fingerprint density at radius 2 is 1.54 bits per heavy atom. The minimum atomic E-state index is -1.81. The summed E-state index contributed by atoms with van der Waals surface area (Å²) in [7, 11) is 1.27. The fraction of sp³-hybridized carbons (Fsp3) is 0.837. The number of carbonyl (C=O) groups is 5. The van der Waals surface area contributed by atoms with E-state index in [1.165, 1.54) is 7.11 Å². The zero-order valence-corrected chi connectivity index (χ0v) is 35.7. The van der Waals surface area contributed by atoms with E-state index in [-0.39, 0.29) is 76.9 Å². The standard InChI is InChI=1S/C43H65NO12S/c1-38(2)26-11-14-43(7)34(25(45)21-23-24-22-40(4,37(53)54)16-15-39(24,3)17-18-42(23,43)6)41(26,5)13-12-27(38)44(28(46)9-10-29(47)55-8)19-20-57-36-32(50)30(48)31(49)33(56-36)35(51)52/h21,24,26-27,30-34,36,48-50H,9-20,22H2,1-8H3,(H,51,52)(H,53,54)/t24-,26-,27-,30-,31-,32+,33-,34+,36-,39+,40-,41-,42+,43+/m0/s1. The van der Waals surface area contributed by atoms with Crippen molar-refractivity contribution in [2.24, 2.45) is 50.2 Å². The number of esters is 1. The van der Waals surface area contributed by atoms with E-state index in [1.807, 2.05) is 13.0 Å². The van der Waals surface area contributed by atoms with Crippen LogP contribution < -0.4 is 0 Å². The third-order valence-corrected chi connectivity index (χ3v) is 18.1. The van der Waals surface area contributed by atoms with E-state index in [0.717, 1.165) is 49.4 Å². The topological polar surface area (TPSA) is 208 Å². The minimum Gasteiger partial charge on any atom is -0.481 e. The van der Waals surface area contributed by atoms with Crippen LogP contribution in [0.1, 0.15) is 119 Å². The molecule has 0 spiro atoms. The van der Waals surface area contributed by atoms with Gasteiger partial charge >= 0.3 is 17.9 Å². The fourth-order valence-electron chi connectivity index (χ4n) is 13.3. The van der Waals surface area contributed by atoms with Gasteiger partial charge in [0, 0.05) is 30.7 Å². The first-order valence-electron chi connectivity index (χ1n) is 20.8. The van der Waals surface area contributed by atoms with Crippen molar-refractivity contribution in [2.45, 2.75) is 155 Å². The summed E-state index contributed by atoms with van der Waals surface area (Å²) in [5.41, 5.74) is -2.38. The fourth-order valence-corrected chi connectivity index (χ4v) is 14.4. The number of ketones is 1. The SMILES string of the molecule is COC(=O)CCC(=O)N(CCS[C@@H]1O[C@H](C(=O)O)[C@@H](O)[C@H](O)[C@H]1O)[C@H]1CC[C@]2(C)[C@H]3C(=O)C=C4[C@@H]5C[C@@](C)(C(=O)O)CC[C@]5(C)CC[C@@]4(C)[C@]3(C)CC[C@H]2C1(C)C. The van der Waals surface area contributed by atoms with Crippen molar-refractivity contribution in [3.8, 4) is 0 Å². The van der Waals surface area contributed by atoms with E-state index in [1.54, 1.807) is 4.90 Å². The van der Waals surface area contributed by atoms with Gasteiger partial charge in [0.1, 0.15) is 23.7 Å². The Labute approximate surface area is 340 Å². The molecule has 1 amide bonds. The molecule has 14 heteroatoms. The van der Waals surface area contributed by atoms with Crippen LogP contribution in [0.4, 0.5) is 0 Å². The van der Waals surface area contributed by atoms with Crippen LogP contribution in [0.3, 0.4) is 0 Å². The molecule has 6 rings (SSSR count). The molecule has 4 saturated carbocycles. The number of fused-ring (bicyclic) bond motifs is 7. The van der Waals surface area contributed by atoms with Crippen LogP contribution in [0.2, 0.25) is 0 Å². The van der Waals surface area contributed by atoms with Crippen molar-refractivity contribution in [1.82, 2.24) is 4.90 Å². The van der Waals surface area contributed by atoms with Gasteiger partial charge in [-0.1, -0.05) is 47.1 Å². The van der Waals surface area contributed by atoms with E-state index < -0.39 is 64.0 Å². The molecule has 0 aromatic carbocycles. The van der Waals surface area contributed by atoms with E-state index in [0.29, 0.717) is 25.7 Å². The van der Waals surface area contributed by atoms with Crippen LogP contribution in [-0.4, -0.2) is 115 Å². The second-order valence-electron chi connectivity index (χ2n) is 20.2. The summed E-state index contributed by atoms with van der Waals surface area (Å²) >= 11 is 1.05. The van der Waals surface area contributed by atoms with Crippen LogP contribution in [0, 0.1) is 50.2 Å². The molecule has 13 nitrogen and oxygen atoms in total. The van der Waals surface area contributed by atoms with E-state index in [9.17, 15) is 49.5 Å². The first-order valence-corrected chi connectivity index (χ1v) is 21.9. The Bertz CT molecular complexity index is 1680. The highest BCUT2D eigenvalue weighted by molar-refractivity contribution is 7.99. The third-order valence-electron chi connectivity index (χ3n) is 17.0. The van der Waals surface area contributed by atoms with Gasteiger partial charge in [-0.3, -0.25) is 19.2 Å². The lowest BCUT2D eigenvalue weighted by Crippen LogP contribution is -2.68. The number of allylic oxidation sites excluding steroid dienone is 2. The number of hydrogen-bond donors (Lipinski definition) is 5. The Kier molecular flexibility index (Phi) is 11.7. The van der Waals surface area contributed by atoms with E-state index >= 15 is 0 Å². The molecule has 0 radical (unpaired) electrons. The summed E-state index contributed by atoms with van der Waals surface area (Å²) in [5, 5.41) is 51.0. The summed E-state index contributed by atoms with van der Waals surface area (Å²) in [6.45, 7) is 15.6. The highest BCUT2D eigenvalue weighted by atomic mass is 32.2. The molecule has 1 heterocycles. The number of aliphatic hydroxyl groups excluding tert-OH is 3. The summed E-state index contributed by atoms with van der Waals surface area (Å²) in [4.78, 5) is 67.2. The zero-order valence-electron chi connectivity index (χ0n) is 34.9. The molecule has 5 N–H and O–H groups in total. The number of rotatable bonds is 10. The summed E-state index contributed by atoms with van der Waals surface area (Å²) < 4.78 is 10.3. The highest BCUT2D eigenvalue weighted by Crippen LogP contribution is 2.75. The molecule has 0 aromatic rings. The average molecular weight is 820 g/mol. The lowest BCUT2D eigenvalue weighted by Gasteiger charge is -2.71. The number of aliphatic carboxylic acids is 2. The summed E-state index contributed by atoms with van der Waals surface area (Å²) in [6, 6.07) is -0.270. The van der Waals surface area contributed by atoms with E-state index in [4.69, 9.17) is 9.47 Å². The number of hydrogen-bond acceptors (Lipinski definition) is 11. The quantitative estimate of drug-likeness (QED) is 0.188. The minimum absolute atomic E-state index is 0.0245. The Morgan fingerprint density at radius 1 is 0.877 bits per heavy atom. The largest absolute Gasteiger partial charge is 0.481 e. The molecule has 0 bridgehead atoms. The zero-order chi connectivity index (χ0) is 42.3. The molecule has 0 unspecified atom stereocenters. The Balaban J connectivity index is 1.28. The molecule has 6 aliphatic rings. The number of carbonyl (C=O) groups excluding carboxylic acids is 3. The maximum absolute atomic E-state index is 14.9. The molecular formula is C43H65NO12S. The van der Waals surface area contributed by atoms with Crippen molar-refractivity contribution in [2.75, 3.05) is 19.4 Å². The van der Waals surface area contributed by atoms with Gasteiger partial charge in [0.2, 0.25) is 5.91 Å². The number of methoxy groups -OCH3 is 1. The van der Waals surface area contributed by atoms with Gasteiger partial charge in [-0.2, -0.15) is 0 Å². The van der Waals surface area contributed by atoms with Crippen LogP contribution >= 0.6 is 11.8 Å². The normalized spacial score (nSPS) is 44.9. The predicted octanol–water partition coefficient (Wildman–Crippen LogP) is 4.83. The molecule has 1 aliphatic heterocycles. The van der Waals surface area contributed by atoms with Gasteiger partial charge < -0.3 is 39.9 Å². The van der Waals surface area contributed by atoms with Crippen LogP contribution in [0.15, 0.2) is 11.6 Å². The smallest absolute Gasteiger partial charge is 0.335 e. The maximum atomic E-state index is 14.9. The number of nitrogens with zero attached hydrogens (tertiary/aromatic N) is 1. The Hall–Kier alpha value is -2.52. The molecular weight excluding hydrogens is 755 g/mol.